The van der Waals surface area contributed by atoms with Crippen LogP contribution in [0.5, 0.6) is 11.5 Å². The smallest absolute Gasteiger partial charge is 0.416 e. The molecule has 6 rings (SSSR count). The Morgan fingerprint density at radius 2 is 1.63 bits per heavy atom. The Labute approximate surface area is 249 Å². The fourth-order valence-corrected chi connectivity index (χ4v) is 6.23. The Kier molecular flexibility index (Phi) is 8.40. The van der Waals surface area contributed by atoms with Crippen LogP contribution >= 0.6 is 23.2 Å². The summed E-state index contributed by atoms with van der Waals surface area (Å²) < 4.78 is 12.1. The lowest BCUT2D eigenvalue weighted by Gasteiger charge is -2.35. The van der Waals surface area contributed by atoms with E-state index in [9.17, 15) is 4.79 Å². The van der Waals surface area contributed by atoms with Crippen LogP contribution in [-0.4, -0.2) is 64.9 Å². The van der Waals surface area contributed by atoms with Crippen molar-refractivity contribution >= 4 is 40.2 Å². The molecule has 1 amide bonds. The molecule has 3 aromatic carbocycles. The highest BCUT2D eigenvalue weighted by molar-refractivity contribution is 6.31. The summed E-state index contributed by atoms with van der Waals surface area (Å²) in [7, 11) is 0. The molecule has 7 nitrogen and oxygen atoms in total. The molecule has 1 saturated heterocycles. The number of amides is 1. The number of aromatic amines is 1. The third-order valence-corrected chi connectivity index (χ3v) is 8.50. The molecule has 214 valence electrons. The average Bonchev–Trinajstić information content (AvgIpc) is 3.36. The van der Waals surface area contributed by atoms with Crippen molar-refractivity contribution in [1.29, 1.82) is 0 Å². The molecule has 1 aromatic heterocycles. The average molecular weight is 595 g/mol. The molecule has 0 aliphatic carbocycles. The second kappa shape index (κ2) is 12.3. The van der Waals surface area contributed by atoms with Gasteiger partial charge in [0.1, 0.15) is 23.6 Å². The van der Waals surface area contributed by atoms with Gasteiger partial charge in [0.15, 0.2) is 0 Å². The predicted octanol–water partition coefficient (Wildman–Crippen LogP) is 6.85. The molecule has 3 heterocycles. The quantitative estimate of drug-likeness (QED) is 0.245. The van der Waals surface area contributed by atoms with E-state index in [0.29, 0.717) is 28.8 Å². The van der Waals surface area contributed by atoms with Crippen LogP contribution in [0.1, 0.15) is 42.1 Å². The predicted molar refractivity (Wildman–Crippen MR) is 161 cm³/mol. The number of H-pyrrole nitrogens is 1. The minimum atomic E-state index is -0.423. The molecule has 9 heteroatoms. The first-order valence-electron chi connectivity index (χ1n) is 14.1. The van der Waals surface area contributed by atoms with Gasteiger partial charge in [-0.05, 0) is 91.4 Å². The van der Waals surface area contributed by atoms with Crippen LogP contribution in [0.15, 0.2) is 66.7 Å². The van der Waals surface area contributed by atoms with Crippen LogP contribution in [0.4, 0.5) is 4.79 Å². The number of piperidine rings is 1. The molecule has 1 atom stereocenters. The summed E-state index contributed by atoms with van der Waals surface area (Å²) in [6, 6.07) is 20.3. The second-order valence-electron chi connectivity index (χ2n) is 10.7. The third-order valence-electron chi connectivity index (χ3n) is 8.01. The highest BCUT2D eigenvalue weighted by Crippen LogP contribution is 2.40. The van der Waals surface area contributed by atoms with Crippen molar-refractivity contribution in [2.75, 3.05) is 32.8 Å². The Balaban J connectivity index is 1.25. The number of likely N-dealkylation sites (tertiary alicyclic amines) is 1. The van der Waals surface area contributed by atoms with Crippen molar-refractivity contribution < 1.29 is 19.4 Å². The van der Waals surface area contributed by atoms with Crippen molar-refractivity contribution in [3.8, 4) is 11.5 Å². The first-order valence-corrected chi connectivity index (χ1v) is 14.9. The SMILES string of the molecule is O=C(Oc1ccc(Cl)cc1)N1CCc2c([nH]c3ccc(Cl)cc23)[C@@H]1c1ccc(OC2CCN(CCCO)CC2)cc1. The molecular weight excluding hydrogens is 561 g/mol. The molecule has 41 heavy (non-hydrogen) atoms. The molecule has 2 aliphatic heterocycles. The lowest BCUT2D eigenvalue weighted by Crippen LogP contribution is -2.42. The maximum Gasteiger partial charge on any atom is 0.416 e. The summed E-state index contributed by atoms with van der Waals surface area (Å²) in [4.78, 5) is 21.3. The van der Waals surface area contributed by atoms with E-state index in [1.807, 2.05) is 42.5 Å². The standard InChI is InChI=1S/C32H33Cl2N3O4/c33-22-4-9-25(10-5-22)41-32(39)37-18-14-27-28-20-23(34)6-11-29(28)35-30(27)31(37)21-2-7-24(8-3-21)40-26-12-16-36(17-13-26)15-1-19-38/h2-11,20,26,31,35,38H,1,12-19H2/t31-/m0/s1. The number of nitrogens with one attached hydrogen (secondary N) is 1. The maximum absolute atomic E-state index is 13.5. The number of aliphatic hydroxyl groups excluding tert-OH is 1. The second-order valence-corrected chi connectivity index (χ2v) is 11.6. The monoisotopic (exact) mass is 593 g/mol. The van der Waals surface area contributed by atoms with Crippen molar-refractivity contribution in [1.82, 2.24) is 14.8 Å². The van der Waals surface area contributed by atoms with Gasteiger partial charge >= 0.3 is 6.09 Å². The van der Waals surface area contributed by atoms with Crippen molar-refractivity contribution in [2.45, 2.75) is 37.8 Å². The summed E-state index contributed by atoms with van der Waals surface area (Å²) in [6.45, 7) is 3.61. The number of nitrogens with zero attached hydrogens (tertiary/aromatic N) is 2. The molecule has 0 saturated carbocycles. The Hall–Kier alpha value is -3.23. The summed E-state index contributed by atoms with van der Waals surface area (Å²) in [5, 5.41) is 11.4. The van der Waals surface area contributed by atoms with E-state index in [4.69, 9.17) is 37.8 Å². The molecule has 1 fully saturated rings. The minimum Gasteiger partial charge on any atom is -0.490 e. The number of benzene rings is 3. The number of carbonyl (C=O) groups is 1. The van der Waals surface area contributed by atoms with Gasteiger partial charge in [-0.1, -0.05) is 35.3 Å². The van der Waals surface area contributed by atoms with Gasteiger partial charge in [-0.25, -0.2) is 4.79 Å². The van der Waals surface area contributed by atoms with Crippen LogP contribution in [0, 0.1) is 0 Å². The lowest BCUT2D eigenvalue weighted by molar-refractivity contribution is 0.0963. The summed E-state index contributed by atoms with van der Waals surface area (Å²) >= 11 is 12.4. The Morgan fingerprint density at radius 3 is 2.37 bits per heavy atom. The molecule has 0 unspecified atom stereocenters. The zero-order chi connectivity index (χ0) is 28.3. The molecule has 0 spiro atoms. The molecular formula is C32H33Cl2N3O4. The molecule has 2 N–H and O–H groups in total. The number of fused-ring (bicyclic) bond motifs is 3. The minimum absolute atomic E-state index is 0.164. The first kappa shape index (κ1) is 27.9. The Morgan fingerprint density at radius 1 is 0.927 bits per heavy atom. The molecule has 0 bridgehead atoms. The van der Waals surface area contributed by atoms with Gasteiger partial charge in [-0.15, -0.1) is 0 Å². The van der Waals surface area contributed by atoms with E-state index in [1.54, 1.807) is 29.2 Å². The number of hydrogen-bond donors (Lipinski definition) is 2. The van der Waals surface area contributed by atoms with Crippen molar-refractivity contribution in [2.24, 2.45) is 0 Å². The van der Waals surface area contributed by atoms with E-state index < -0.39 is 6.09 Å². The van der Waals surface area contributed by atoms with Gasteiger partial charge in [-0.2, -0.15) is 0 Å². The summed E-state index contributed by atoms with van der Waals surface area (Å²) in [5.41, 5.74) is 4.08. The number of rotatable bonds is 7. The number of carbonyl (C=O) groups excluding carboxylic acids is 1. The number of halogens is 2. The number of aliphatic hydroxyl groups is 1. The van der Waals surface area contributed by atoms with E-state index in [1.165, 1.54) is 0 Å². The molecule has 2 aliphatic rings. The normalized spacial score (nSPS) is 17.9. The van der Waals surface area contributed by atoms with E-state index in [0.717, 1.165) is 72.4 Å². The van der Waals surface area contributed by atoms with E-state index in [-0.39, 0.29) is 18.8 Å². The van der Waals surface area contributed by atoms with E-state index in [2.05, 4.69) is 9.88 Å². The van der Waals surface area contributed by atoms with Gasteiger partial charge in [-0.3, -0.25) is 4.90 Å². The van der Waals surface area contributed by atoms with Crippen molar-refractivity contribution in [3.63, 3.8) is 0 Å². The van der Waals surface area contributed by atoms with Crippen LogP contribution < -0.4 is 9.47 Å². The number of aromatic nitrogens is 1. The summed E-state index contributed by atoms with van der Waals surface area (Å²) in [6.07, 6.45) is 3.15. The topological polar surface area (TPSA) is 78.0 Å². The van der Waals surface area contributed by atoms with Crippen LogP contribution in [-0.2, 0) is 6.42 Å². The first-order chi connectivity index (χ1) is 20.0. The van der Waals surface area contributed by atoms with Gasteiger partial charge in [0.25, 0.3) is 0 Å². The van der Waals surface area contributed by atoms with Crippen LogP contribution in [0.25, 0.3) is 10.9 Å². The highest BCUT2D eigenvalue weighted by atomic mass is 35.5. The van der Waals surface area contributed by atoms with E-state index >= 15 is 0 Å². The van der Waals surface area contributed by atoms with Gasteiger partial charge < -0.3 is 24.5 Å². The van der Waals surface area contributed by atoms with Crippen LogP contribution in [0.3, 0.4) is 0 Å². The maximum atomic E-state index is 13.5. The number of ether oxygens (including phenoxy) is 2. The number of hydrogen-bond acceptors (Lipinski definition) is 5. The van der Waals surface area contributed by atoms with Crippen LogP contribution in [0.2, 0.25) is 10.0 Å². The summed E-state index contributed by atoms with van der Waals surface area (Å²) in [5.74, 6) is 1.26. The van der Waals surface area contributed by atoms with Gasteiger partial charge in [0, 0.05) is 59.4 Å². The zero-order valence-electron chi connectivity index (χ0n) is 22.7. The third kappa shape index (κ3) is 6.19. The van der Waals surface area contributed by atoms with Gasteiger partial charge in [0.05, 0.1) is 0 Å². The molecule has 4 aromatic rings. The zero-order valence-corrected chi connectivity index (χ0v) is 24.2. The fourth-order valence-electron chi connectivity index (χ4n) is 5.93. The van der Waals surface area contributed by atoms with Crippen molar-refractivity contribution in [3.05, 3.63) is 93.6 Å². The van der Waals surface area contributed by atoms with Gasteiger partial charge in [0.2, 0.25) is 0 Å². The largest absolute Gasteiger partial charge is 0.490 e. The highest BCUT2D eigenvalue weighted by Gasteiger charge is 2.36. The lowest BCUT2D eigenvalue weighted by atomic mass is 9.92. The fraction of sp³-hybridized carbons (Fsp3) is 0.344. The Bertz CT molecular complexity index is 1500. The molecule has 0 radical (unpaired) electrons.